The summed E-state index contributed by atoms with van der Waals surface area (Å²) in [5, 5.41) is 9.61. The zero-order valence-electron chi connectivity index (χ0n) is 33.7. The van der Waals surface area contributed by atoms with E-state index in [0.29, 0.717) is 19.6 Å². The van der Waals surface area contributed by atoms with Gasteiger partial charge in [0, 0.05) is 13.0 Å². The van der Waals surface area contributed by atoms with Gasteiger partial charge < -0.3 is 14.6 Å². The van der Waals surface area contributed by atoms with Gasteiger partial charge in [-0.1, -0.05) is 239 Å². The Labute approximate surface area is 308 Å². The molecule has 0 spiro atoms. The molecule has 0 aromatic heterocycles. The van der Waals surface area contributed by atoms with Gasteiger partial charge in [-0.15, -0.1) is 0 Å². The van der Waals surface area contributed by atoms with E-state index < -0.39 is 6.10 Å². The van der Waals surface area contributed by atoms with Crippen LogP contribution >= 0.6 is 0 Å². The van der Waals surface area contributed by atoms with Crippen molar-refractivity contribution in [2.45, 2.75) is 264 Å². The van der Waals surface area contributed by atoms with Crippen molar-refractivity contribution in [3.8, 4) is 0 Å². The Hall–Kier alpha value is -0.610. The Morgan fingerprint density at radius 1 is 0.408 bits per heavy atom. The van der Waals surface area contributed by atoms with Crippen LogP contribution in [0.15, 0.2) is 0 Å². The molecule has 0 radical (unpaired) electrons. The monoisotopic (exact) mass is 695 g/mol. The molecule has 1 unspecified atom stereocenters. The van der Waals surface area contributed by atoms with E-state index in [-0.39, 0.29) is 12.6 Å². The van der Waals surface area contributed by atoms with Crippen molar-refractivity contribution in [2.24, 2.45) is 0 Å². The molecule has 0 bridgehead atoms. The Balaban J connectivity index is 3.34. The SMILES string of the molecule is CCCCCCCCCCCCCCCCCCCCCOCC(CO)OC(=O)CCCCCCCCCCCCCCCCCCCC. The lowest BCUT2D eigenvalue weighted by molar-refractivity contribution is -0.154. The van der Waals surface area contributed by atoms with Gasteiger partial charge in [0.1, 0.15) is 6.10 Å². The standard InChI is InChI=1S/C45H90O4/c1-3-5-7-9-11-13-15-17-19-21-23-25-27-29-31-33-35-37-39-41-48-43-44(42-46)49-45(47)40-38-36-34-32-30-28-26-24-22-20-18-16-14-12-10-8-6-4-2/h44,46H,3-43H2,1-2H3. The fourth-order valence-corrected chi connectivity index (χ4v) is 7.04. The van der Waals surface area contributed by atoms with Gasteiger partial charge in [0.25, 0.3) is 0 Å². The Kier molecular flexibility index (Phi) is 43.0. The number of rotatable bonds is 43. The smallest absolute Gasteiger partial charge is 0.306 e. The van der Waals surface area contributed by atoms with E-state index in [2.05, 4.69) is 13.8 Å². The molecule has 0 saturated carbocycles. The summed E-state index contributed by atoms with van der Waals surface area (Å²) in [7, 11) is 0. The van der Waals surface area contributed by atoms with Crippen LogP contribution in [0.2, 0.25) is 0 Å². The number of esters is 1. The summed E-state index contributed by atoms with van der Waals surface area (Å²) in [5.41, 5.74) is 0. The summed E-state index contributed by atoms with van der Waals surface area (Å²) >= 11 is 0. The fourth-order valence-electron chi connectivity index (χ4n) is 7.04. The lowest BCUT2D eigenvalue weighted by Gasteiger charge is -2.16. The zero-order valence-corrected chi connectivity index (χ0v) is 33.7. The first-order chi connectivity index (χ1) is 24.2. The average molecular weight is 695 g/mol. The number of hydrogen-bond donors (Lipinski definition) is 1. The van der Waals surface area contributed by atoms with Gasteiger partial charge in [-0.3, -0.25) is 4.79 Å². The van der Waals surface area contributed by atoms with Gasteiger partial charge in [0.15, 0.2) is 0 Å². The van der Waals surface area contributed by atoms with Crippen molar-refractivity contribution in [1.29, 1.82) is 0 Å². The van der Waals surface area contributed by atoms with Crippen LogP contribution in [-0.4, -0.2) is 37.0 Å². The van der Waals surface area contributed by atoms with Crippen molar-refractivity contribution in [3.05, 3.63) is 0 Å². The van der Waals surface area contributed by atoms with Crippen LogP contribution in [0.3, 0.4) is 0 Å². The van der Waals surface area contributed by atoms with Crippen LogP contribution in [0.4, 0.5) is 0 Å². The number of aliphatic hydroxyl groups excluding tert-OH is 1. The van der Waals surface area contributed by atoms with Gasteiger partial charge in [0.05, 0.1) is 13.2 Å². The number of carbonyl (C=O) groups is 1. The molecule has 1 atom stereocenters. The zero-order chi connectivity index (χ0) is 35.6. The molecule has 0 rings (SSSR count). The van der Waals surface area contributed by atoms with E-state index >= 15 is 0 Å². The topological polar surface area (TPSA) is 55.8 Å². The minimum atomic E-state index is -0.525. The minimum Gasteiger partial charge on any atom is -0.457 e. The molecule has 0 aromatic carbocycles. The average Bonchev–Trinajstić information content (AvgIpc) is 3.11. The predicted octanol–water partition coefficient (Wildman–Crippen LogP) is 14.8. The van der Waals surface area contributed by atoms with Gasteiger partial charge in [0.2, 0.25) is 0 Å². The van der Waals surface area contributed by atoms with Crippen molar-refractivity contribution in [1.82, 2.24) is 0 Å². The van der Waals surface area contributed by atoms with Crippen molar-refractivity contribution in [3.63, 3.8) is 0 Å². The second-order valence-corrected chi connectivity index (χ2v) is 15.5. The van der Waals surface area contributed by atoms with Crippen molar-refractivity contribution < 1.29 is 19.4 Å². The molecule has 4 heteroatoms. The third-order valence-electron chi connectivity index (χ3n) is 10.4. The predicted molar refractivity (Wildman–Crippen MR) is 215 cm³/mol. The van der Waals surface area contributed by atoms with Crippen LogP contribution in [0.25, 0.3) is 0 Å². The van der Waals surface area contributed by atoms with E-state index in [1.54, 1.807) is 0 Å². The normalized spacial score (nSPS) is 12.1. The van der Waals surface area contributed by atoms with E-state index in [9.17, 15) is 9.90 Å². The lowest BCUT2D eigenvalue weighted by atomic mass is 10.0. The summed E-state index contributed by atoms with van der Waals surface area (Å²) in [5.74, 6) is -0.192. The van der Waals surface area contributed by atoms with E-state index in [4.69, 9.17) is 9.47 Å². The molecule has 1 N–H and O–H groups in total. The Morgan fingerprint density at radius 3 is 0.959 bits per heavy atom. The van der Waals surface area contributed by atoms with E-state index in [1.807, 2.05) is 0 Å². The van der Waals surface area contributed by atoms with Crippen LogP contribution in [0.5, 0.6) is 0 Å². The van der Waals surface area contributed by atoms with Crippen molar-refractivity contribution in [2.75, 3.05) is 19.8 Å². The first-order valence-corrected chi connectivity index (χ1v) is 22.6. The molecular formula is C45H90O4. The highest BCUT2D eigenvalue weighted by atomic mass is 16.6. The summed E-state index contributed by atoms with van der Waals surface area (Å²) in [6, 6.07) is 0. The van der Waals surface area contributed by atoms with E-state index in [1.165, 1.54) is 218 Å². The number of carbonyl (C=O) groups excluding carboxylic acids is 1. The maximum Gasteiger partial charge on any atom is 0.306 e. The van der Waals surface area contributed by atoms with Gasteiger partial charge in [-0.2, -0.15) is 0 Å². The second-order valence-electron chi connectivity index (χ2n) is 15.5. The molecule has 0 aliphatic heterocycles. The molecule has 0 aliphatic rings. The molecule has 0 fully saturated rings. The molecular weight excluding hydrogens is 604 g/mol. The van der Waals surface area contributed by atoms with Crippen LogP contribution in [0, 0.1) is 0 Å². The minimum absolute atomic E-state index is 0.163. The van der Waals surface area contributed by atoms with E-state index in [0.717, 1.165) is 19.3 Å². The largest absolute Gasteiger partial charge is 0.457 e. The summed E-state index contributed by atoms with van der Waals surface area (Å²) in [6.07, 6.45) is 50.3. The summed E-state index contributed by atoms with van der Waals surface area (Å²) < 4.78 is 11.2. The van der Waals surface area contributed by atoms with Gasteiger partial charge in [-0.25, -0.2) is 0 Å². The van der Waals surface area contributed by atoms with Crippen LogP contribution in [-0.2, 0) is 14.3 Å². The summed E-state index contributed by atoms with van der Waals surface area (Å²) in [6.45, 7) is 5.41. The fraction of sp³-hybridized carbons (Fsp3) is 0.978. The molecule has 49 heavy (non-hydrogen) atoms. The first-order valence-electron chi connectivity index (χ1n) is 22.6. The number of unbranched alkanes of at least 4 members (excludes halogenated alkanes) is 35. The molecule has 4 nitrogen and oxygen atoms in total. The molecule has 0 aliphatic carbocycles. The number of aliphatic hydroxyl groups is 1. The quantitative estimate of drug-likeness (QED) is 0.0510. The Bertz CT molecular complexity index is 609. The highest BCUT2D eigenvalue weighted by Gasteiger charge is 2.13. The summed E-state index contributed by atoms with van der Waals surface area (Å²) in [4.78, 5) is 12.2. The third kappa shape index (κ3) is 41.7. The number of ether oxygens (including phenoxy) is 2. The highest BCUT2D eigenvalue weighted by molar-refractivity contribution is 5.69. The first kappa shape index (κ1) is 48.4. The molecule has 294 valence electrons. The maximum atomic E-state index is 12.2. The molecule has 0 aromatic rings. The second kappa shape index (κ2) is 43.6. The molecule has 0 amide bonds. The van der Waals surface area contributed by atoms with Gasteiger partial charge in [-0.05, 0) is 12.8 Å². The lowest BCUT2D eigenvalue weighted by Crippen LogP contribution is -2.27. The third-order valence-corrected chi connectivity index (χ3v) is 10.4. The number of hydrogen-bond acceptors (Lipinski definition) is 4. The Morgan fingerprint density at radius 2 is 0.673 bits per heavy atom. The highest BCUT2D eigenvalue weighted by Crippen LogP contribution is 2.16. The molecule has 0 heterocycles. The van der Waals surface area contributed by atoms with Crippen molar-refractivity contribution >= 4 is 5.97 Å². The molecule has 0 saturated heterocycles. The maximum absolute atomic E-state index is 12.2. The van der Waals surface area contributed by atoms with Crippen LogP contribution in [0.1, 0.15) is 258 Å². The van der Waals surface area contributed by atoms with Gasteiger partial charge >= 0.3 is 5.97 Å². The van der Waals surface area contributed by atoms with Crippen LogP contribution < -0.4 is 0 Å².